The van der Waals surface area contributed by atoms with Crippen LogP contribution >= 0.6 is 0 Å². The summed E-state index contributed by atoms with van der Waals surface area (Å²) in [5.74, 6) is -1.55. The molecule has 2 fully saturated rings. The van der Waals surface area contributed by atoms with E-state index < -0.39 is 12.1 Å². The Morgan fingerprint density at radius 3 is 2.60 bits per heavy atom. The van der Waals surface area contributed by atoms with E-state index >= 15 is 0 Å². The van der Waals surface area contributed by atoms with Crippen LogP contribution in [0.5, 0.6) is 0 Å². The zero-order valence-corrected chi connectivity index (χ0v) is 13.7. The standard InChI is InChI=1S/C15H21F3N4O3/c16-15(17,18)14-21-20-13(25-14)10-3-5-22(6-4-10)9-12(23)19-8-11-2-1-7-24-11/h10-11H,1-9H2,(H,19,23). The highest BCUT2D eigenvalue weighted by Gasteiger charge is 2.39. The Labute approximate surface area is 142 Å². The maximum absolute atomic E-state index is 12.5. The number of piperidine rings is 1. The van der Waals surface area contributed by atoms with Gasteiger partial charge in [0.25, 0.3) is 0 Å². The number of halogens is 3. The molecule has 0 aliphatic carbocycles. The molecule has 1 aromatic rings. The molecule has 2 aliphatic heterocycles. The molecule has 0 bridgehead atoms. The number of alkyl halides is 3. The predicted molar refractivity (Wildman–Crippen MR) is 79.7 cm³/mol. The van der Waals surface area contributed by atoms with Gasteiger partial charge in [0.1, 0.15) is 0 Å². The fourth-order valence-electron chi connectivity index (χ4n) is 3.14. The highest BCUT2D eigenvalue weighted by molar-refractivity contribution is 5.78. The van der Waals surface area contributed by atoms with Gasteiger partial charge in [-0.3, -0.25) is 9.69 Å². The summed E-state index contributed by atoms with van der Waals surface area (Å²) in [6, 6.07) is 0. The molecule has 7 nitrogen and oxygen atoms in total. The Morgan fingerprint density at radius 2 is 2.00 bits per heavy atom. The first-order valence-corrected chi connectivity index (χ1v) is 8.43. The van der Waals surface area contributed by atoms with Crippen molar-refractivity contribution < 1.29 is 27.1 Å². The second-order valence-electron chi connectivity index (χ2n) is 6.43. The first-order valence-electron chi connectivity index (χ1n) is 8.43. The maximum Gasteiger partial charge on any atom is 0.470 e. The number of carbonyl (C=O) groups excluding carboxylic acids is 1. The second-order valence-corrected chi connectivity index (χ2v) is 6.43. The SMILES string of the molecule is O=C(CN1CCC(c2nnc(C(F)(F)F)o2)CC1)NCC1CCCO1. The lowest BCUT2D eigenvalue weighted by molar-refractivity contribution is -0.157. The van der Waals surface area contributed by atoms with Crippen molar-refractivity contribution in [1.82, 2.24) is 20.4 Å². The molecule has 1 aromatic heterocycles. The molecule has 140 valence electrons. The van der Waals surface area contributed by atoms with Crippen LogP contribution in [-0.4, -0.2) is 59.9 Å². The van der Waals surface area contributed by atoms with Gasteiger partial charge in [-0.05, 0) is 38.8 Å². The number of carbonyl (C=O) groups is 1. The van der Waals surface area contributed by atoms with Crippen LogP contribution in [0.1, 0.15) is 43.4 Å². The number of nitrogens with one attached hydrogen (secondary N) is 1. The Morgan fingerprint density at radius 1 is 1.24 bits per heavy atom. The average molecular weight is 362 g/mol. The van der Waals surface area contributed by atoms with Gasteiger partial charge in [0.2, 0.25) is 11.8 Å². The molecular formula is C15H21F3N4O3. The van der Waals surface area contributed by atoms with Gasteiger partial charge in [-0.15, -0.1) is 10.2 Å². The van der Waals surface area contributed by atoms with Gasteiger partial charge >= 0.3 is 12.1 Å². The molecule has 25 heavy (non-hydrogen) atoms. The van der Waals surface area contributed by atoms with Crippen LogP contribution in [0.15, 0.2) is 4.42 Å². The lowest BCUT2D eigenvalue weighted by Gasteiger charge is -2.29. The topological polar surface area (TPSA) is 80.5 Å². The minimum Gasteiger partial charge on any atom is -0.417 e. The molecule has 0 saturated carbocycles. The van der Waals surface area contributed by atoms with E-state index in [0.717, 1.165) is 19.4 Å². The fourth-order valence-corrected chi connectivity index (χ4v) is 3.14. The van der Waals surface area contributed by atoms with E-state index in [9.17, 15) is 18.0 Å². The molecule has 1 atom stereocenters. The third-order valence-electron chi connectivity index (χ3n) is 4.54. The van der Waals surface area contributed by atoms with Gasteiger partial charge in [-0.2, -0.15) is 13.2 Å². The van der Waals surface area contributed by atoms with E-state index in [0.29, 0.717) is 32.5 Å². The minimum atomic E-state index is -4.62. The summed E-state index contributed by atoms with van der Waals surface area (Å²) in [6.07, 6.45) is -1.35. The highest BCUT2D eigenvalue weighted by atomic mass is 19.4. The minimum absolute atomic E-state index is 0.0230. The Hall–Kier alpha value is -1.68. The number of rotatable bonds is 5. The van der Waals surface area contributed by atoms with Crippen LogP contribution in [0.25, 0.3) is 0 Å². The van der Waals surface area contributed by atoms with E-state index in [2.05, 4.69) is 15.5 Å². The van der Waals surface area contributed by atoms with Crippen molar-refractivity contribution in [3.05, 3.63) is 11.8 Å². The zero-order valence-electron chi connectivity index (χ0n) is 13.7. The summed E-state index contributed by atoms with van der Waals surface area (Å²) >= 11 is 0. The third kappa shape index (κ3) is 4.91. The van der Waals surface area contributed by atoms with Gasteiger partial charge in [0.15, 0.2) is 0 Å². The number of ether oxygens (including phenoxy) is 1. The van der Waals surface area contributed by atoms with Crippen molar-refractivity contribution in [3.63, 3.8) is 0 Å². The zero-order chi connectivity index (χ0) is 17.9. The Bertz CT molecular complexity index is 579. The van der Waals surface area contributed by atoms with E-state index in [1.54, 1.807) is 0 Å². The van der Waals surface area contributed by atoms with E-state index in [4.69, 9.17) is 9.15 Å². The highest BCUT2D eigenvalue weighted by Crippen LogP contribution is 2.32. The van der Waals surface area contributed by atoms with Crippen LogP contribution in [0.4, 0.5) is 13.2 Å². The third-order valence-corrected chi connectivity index (χ3v) is 4.54. The van der Waals surface area contributed by atoms with Crippen LogP contribution in [0.2, 0.25) is 0 Å². The lowest BCUT2D eigenvalue weighted by Crippen LogP contribution is -2.43. The van der Waals surface area contributed by atoms with Crippen molar-refractivity contribution in [2.75, 3.05) is 32.8 Å². The molecule has 1 unspecified atom stereocenters. The van der Waals surface area contributed by atoms with Gasteiger partial charge in [-0.25, -0.2) is 0 Å². The largest absolute Gasteiger partial charge is 0.470 e. The maximum atomic E-state index is 12.5. The quantitative estimate of drug-likeness (QED) is 0.856. The van der Waals surface area contributed by atoms with Crippen LogP contribution < -0.4 is 5.32 Å². The Balaban J connectivity index is 1.40. The summed E-state index contributed by atoms with van der Waals surface area (Å²) < 4.78 is 47.7. The number of amides is 1. The van der Waals surface area contributed by atoms with E-state index in [1.165, 1.54) is 0 Å². The molecular weight excluding hydrogens is 341 g/mol. The van der Waals surface area contributed by atoms with Crippen molar-refractivity contribution in [3.8, 4) is 0 Å². The molecule has 0 aromatic carbocycles. The molecule has 1 amide bonds. The van der Waals surface area contributed by atoms with Gasteiger partial charge < -0.3 is 14.5 Å². The van der Waals surface area contributed by atoms with Crippen molar-refractivity contribution >= 4 is 5.91 Å². The summed E-state index contributed by atoms with van der Waals surface area (Å²) in [4.78, 5) is 13.9. The summed E-state index contributed by atoms with van der Waals surface area (Å²) in [6.45, 7) is 2.75. The average Bonchev–Trinajstić information content (AvgIpc) is 3.25. The van der Waals surface area contributed by atoms with Crippen molar-refractivity contribution in [1.29, 1.82) is 0 Å². The summed E-state index contributed by atoms with van der Waals surface area (Å²) in [7, 11) is 0. The van der Waals surface area contributed by atoms with Crippen LogP contribution in [-0.2, 0) is 15.7 Å². The van der Waals surface area contributed by atoms with Crippen molar-refractivity contribution in [2.24, 2.45) is 0 Å². The van der Waals surface area contributed by atoms with Gasteiger partial charge in [0, 0.05) is 19.1 Å². The fraction of sp³-hybridized carbons (Fsp3) is 0.800. The molecule has 0 spiro atoms. The summed E-state index contributed by atoms with van der Waals surface area (Å²) in [5.41, 5.74) is 0. The predicted octanol–water partition coefficient (Wildman–Crippen LogP) is 1.56. The summed E-state index contributed by atoms with van der Waals surface area (Å²) in [5, 5.41) is 9.44. The molecule has 2 aliphatic rings. The molecule has 10 heteroatoms. The van der Waals surface area contributed by atoms with Gasteiger partial charge in [-0.1, -0.05) is 0 Å². The molecule has 2 saturated heterocycles. The molecule has 3 heterocycles. The van der Waals surface area contributed by atoms with E-state index in [1.807, 2.05) is 4.90 Å². The van der Waals surface area contributed by atoms with Gasteiger partial charge in [0.05, 0.1) is 12.6 Å². The lowest BCUT2D eigenvalue weighted by atomic mass is 9.97. The number of likely N-dealkylation sites (tertiary alicyclic amines) is 1. The van der Waals surface area contributed by atoms with Crippen molar-refractivity contribution in [2.45, 2.75) is 43.9 Å². The van der Waals surface area contributed by atoms with Crippen LogP contribution in [0, 0.1) is 0 Å². The first-order chi connectivity index (χ1) is 11.9. The molecule has 1 N–H and O–H groups in total. The number of aromatic nitrogens is 2. The molecule has 3 rings (SSSR count). The monoisotopic (exact) mass is 362 g/mol. The normalized spacial score (nSPS) is 23.1. The number of hydrogen-bond donors (Lipinski definition) is 1. The molecule has 0 radical (unpaired) electrons. The number of nitrogens with zero attached hydrogens (tertiary/aromatic N) is 3. The van der Waals surface area contributed by atoms with E-state index in [-0.39, 0.29) is 30.4 Å². The smallest absolute Gasteiger partial charge is 0.417 e. The van der Waals surface area contributed by atoms with Crippen LogP contribution in [0.3, 0.4) is 0 Å². The first kappa shape index (κ1) is 18.1. The second kappa shape index (κ2) is 7.69. The number of hydrogen-bond acceptors (Lipinski definition) is 6. The Kier molecular flexibility index (Phi) is 5.57.